The minimum Gasteiger partial charge on any atom is -0.326 e. The zero-order valence-electron chi connectivity index (χ0n) is 15.0. The average molecular weight is 385 g/mol. The van der Waals surface area contributed by atoms with E-state index in [0.717, 1.165) is 12.0 Å². The summed E-state index contributed by atoms with van der Waals surface area (Å²) < 4.78 is 0. The molecule has 1 aromatic carbocycles. The van der Waals surface area contributed by atoms with Crippen molar-refractivity contribution in [2.45, 2.75) is 19.8 Å². The fourth-order valence-corrected chi connectivity index (χ4v) is 5.58. The van der Waals surface area contributed by atoms with Gasteiger partial charge in [0.2, 0.25) is 17.7 Å². The lowest BCUT2D eigenvalue weighted by atomic mass is 9.63. The number of rotatable bonds is 4. The summed E-state index contributed by atoms with van der Waals surface area (Å²) in [5.74, 6) is 0.828. The Hall–Kier alpha value is -2.14. The van der Waals surface area contributed by atoms with Crippen molar-refractivity contribution in [1.29, 1.82) is 0 Å². The molecule has 1 aliphatic heterocycles. The minimum atomic E-state index is -0.222. The number of carbonyl (C=O) groups excluding carboxylic acids is 3. The third-order valence-electron chi connectivity index (χ3n) is 6.86. The number of hydrogen-bond donors (Lipinski definition) is 1. The van der Waals surface area contributed by atoms with Crippen LogP contribution in [0.3, 0.4) is 0 Å². The van der Waals surface area contributed by atoms with Gasteiger partial charge in [0.25, 0.3) is 0 Å². The van der Waals surface area contributed by atoms with Gasteiger partial charge in [0.1, 0.15) is 0 Å². The Bertz CT molecular complexity index is 859. The topological polar surface area (TPSA) is 66.5 Å². The van der Waals surface area contributed by atoms with Crippen LogP contribution in [0.2, 0.25) is 5.02 Å². The Labute approximate surface area is 162 Å². The largest absolute Gasteiger partial charge is 0.326 e. The molecule has 4 aliphatic carbocycles. The number of likely N-dealkylation sites (tertiary alicyclic amines) is 1. The van der Waals surface area contributed by atoms with Crippen molar-refractivity contribution in [2.24, 2.45) is 35.5 Å². The molecule has 3 fully saturated rings. The van der Waals surface area contributed by atoms with Crippen LogP contribution in [0.5, 0.6) is 0 Å². The monoisotopic (exact) mass is 384 g/mol. The second kappa shape index (κ2) is 5.93. The maximum atomic E-state index is 12.9. The first kappa shape index (κ1) is 17.0. The smallest absolute Gasteiger partial charge is 0.233 e. The minimum absolute atomic E-state index is 0.0820. The summed E-state index contributed by atoms with van der Waals surface area (Å²) in [4.78, 5) is 39.5. The van der Waals surface area contributed by atoms with E-state index in [1.165, 1.54) is 4.90 Å². The molecule has 3 amide bonds. The van der Waals surface area contributed by atoms with Crippen LogP contribution in [0, 0.1) is 42.4 Å². The van der Waals surface area contributed by atoms with Gasteiger partial charge in [-0.2, -0.15) is 0 Å². The van der Waals surface area contributed by atoms with Crippen LogP contribution in [-0.4, -0.2) is 29.2 Å². The van der Waals surface area contributed by atoms with Crippen molar-refractivity contribution in [3.8, 4) is 0 Å². The van der Waals surface area contributed by atoms with E-state index in [1.807, 2.05) is 6.92 Å². The Morgan fingerprint density at radius 2 is 1.78 bits per heavy atom. The lowest BCUT2D eigenvalue weighted by molar-refractivity contribution is -0.140. The Balaban J connectivity index is 1.26. The van der Waals surface area contributed by atoms with Crippen LogP contribution >= 0.6 is 11.6 Å². The van der Waals surface area contributed by atoms with Crippen LogP contribution in [0.4, 0.5) is 5.69 Å². The van der Waals surface area contributed by atoms with E-state index in [1.54, 1.807) is 18.2 Å². The molecule has 140 valence electrons. The van der Waals surface area contributed by atoms with Crippen molar-refractivity contribution >= 4 is 35.0 Å². The first-order valence-electron chi connectivity index (χ1n) is 9.56. The van der Waals surface area contributed by atoms with Gasteiger partial charge in [-0.1, -0.05) is 29.8 Å². The highest BCUT2D eigenvalue weighted by Gasteiger charge is 2.66. The first-order valence-corrected chi connectivity index (χ1v) is 9.93. The van der Waals surface area contributed by atoms with Gasteiger partial charge >= 0.3 is 0 Å². The molecule has 1 heterocycles. The SMILES string of the molecule is Cc1c(Cl)cccc1NC(=O)CCN1C(=O)[C@@H]2[C@H]3C=C[C@@H]([C@@H]4C[C@H]34)[C@@H]2C1=O. The number of imide groups is 1. The molecule has 0 aromatic heterocycles. The number of carbonyl (C=O) groups is 3. The van der Waals surface area contributed by atoms with Gasteiger partial charge in [0.05, 0.1) is 11.8 Å². The number of benzene rings is 1. The number of anilines is 1. The van der Waals surface area contributed by atoms with Crippen LogP contribution in [0.25, 0.3) is 0 Å². The molecule has 1 N–H and O–H groups in total. The van der Waals surface area contributed by atoms with Crippen molar-refractivity contribution in [2.75, 3.05) is 11.9 Å². The summed E-state index contributed by atoms with van der Waals surface area (Å²) >= 11 is 6.08. The molecule has 1 aromatic rings. The molecule has 6 heteroatoms. The highest BCUT2D eigenvalue weighted by Crippen LogP contribution is 2.65. The molecule has 1 saturated heterocycles. The predicted octanol–water partition coefficient (Wildman–Crippen LogP) is 3.03. The molecule has 2 bridgehead atoms. The van der Waals surface area contributed by atoms with Gasteiger partial charge in [0.15, 0.2) is 0 Å². The number of nitrogens with one attached hydrogen (secondary N) is 1. The van der Waals surface area contributed by atoms with Crippen LogP contribution < -0.4 is 5.32 Å². The molecule has 6 rings (SSSR count). The van der Waals surface area contributed by atoms with Crippen molar-refractivity contribution in [1.82, 2.24) is 4.90 Å². The number of hydrogen-bond acceptors (Lipinski definition) is 3. The molecule has 2 saturated carbocycles. The Morgan fingerprint density at radius 1 is 1.15 bits per heavy atom. The maximum Gasteiger partial charge on any atom is 0.233 e. The van der Waals surface area contributed by atoms with Gasteiger partial charge < -0.3 is 5.32 Å². The molecule has 5 nitrogen and oxygen atoms in total. The highest BCUT2D eigenvalue weighted by molar-refractivity contribution is 6.31. The van der Waals surface area contributed by atoms with Crippen LogP contribution in [0.1, 0.15) is 18.4 Å². The van der Waals surface area contributed by atoms with Gasteiger partial charge in [-0.05, 0) is 54.7 Å². The Morgan fingerprint density at radius 3 is 2.41 bits per heavy atom. The van der Waals surface area contributed by atoms with E-state index in [-0.39, 0.29) is 54.4 Å². The van der Waals surface area contributed by atoms with E-state index in [4.69, 9.17) is 11.6 Å². The second-order valence-electron chi connectivity index (χ2n) is 8.19. The normalized spacial score (nSPS) is 35.3. The fourth-order valence-electron chi connectivity index (χ4n) is 5.41. The van der Waals surface area contributed by atoms with Gasteiger partial charge in [-0.3, -0.25) is 19.3 Å². The number of allylic oxidation sites excluding steroid dienone is 2. The summed E-state index contributed by atoms with van der Waals surface area (Å²) in [6, 6.07) is 5.33. The second-order valence-corrected chi connectivity index (χ2v) is 8.60. The van der Waals surface area contributed by atoms with Crippen molar-refractivity contribution in [3.05, 3.63) is 40.9 Å². The number of halogens is 1. The van der Waals surface area contributed by atoms with Crippen molar-refractivity contribution < 1.29 is 14.4 Å². The molecule has 5 aliphatic rings. The summed E-state index contributed by atoms with van der Waals surface area (Å²) in [6.45, 7) is 1.98. The summed E-state index contributed by atoms with van der Waals surface area (Å²) in [5.41, 5.74) is 1.45. The van der Waals surface area contributed by atoms with E-state index in [0.29, 0.717) is 22.5 Å². The predicted molar refractivity (Wildman–Crippen MR) is 101 cm³/mol. The molecule has 0 radical (unpaired) electrons. The zero-order chi connectivity index (χ0) is 18.9. The molecule has 6 atom stereocenters. The molecule has 0 unspecified atom stereocenters. The summed E-state index contributed by atoms with van der Waals surface area (Å²) in [5, 5.41) is 3.41. The fraction of sp³-hybridized carbons (Fsp3) is 0.476. The highest BCUT2D eigenvalue weighted by atomic mass is 35.5. The molecular weight excluding hydrogens is 364 g/mol. The molecule has 27 heavy (non-hydrogen) atoms. The van der Waals surface area contributed by atoms with Crippen LogP contribution in [-0.2, 0) is 14.4 Å². The average Bonchev–Trinajstić information content (AvgIpc) is 3.43. The lowest BCUT2D eigenvalue weighted by Gasteiger charge is -2.37. The number of nitrogens with zero attached hydrogens (tertiary/aromatic N) is 1. The van der Waals surface area contributed by atoms with Gasteiger partial charge in [-0.15, -0.1) is 0 Å². The van der Waals surface area contributed by atoms with Gasteiger partial charge in [0, 0.05) is 23.7 Å². The first-order chi connectivity index (χ1) is 13.0. The van der Waals surface area contributed by atoms with E-state index in [2.05, 4.69) is 17.5 Å². The quantitative estimate of drug-likeness (QED) is 0.641. The van der Waals surface area contributed by atoms with E-state index >= 15 is 0 Å². The zero-order valence-corrected chi connectivity index (χ0v) is 15.8. The molecular formula is C21H21ClN2O3. The summed E-state index contributed by atoms with van der Waals surface area (Å²) in [6.07, 6.45) is 5.56. The molecule has 0 spiro atoms. The third-order valence-corrected chi connectivity index (χ3v) is 7.27. The third kappa shape index (κ3) is 2.48. The van der Waals surface area contributed by atoms with Gasteiger partial charge in [-0.25, -0.2) is 0 Å². The summed E-state index contributed by atoms with van der Waals surface area (Å²) in [7, 11) is 0. The Kier molecular flexibility index (Phi) is 3.73. The van der Waals surface area contributed by atoms with Crippen molar-refractivity contribution in [3.63, 3.8) is 0 Å². The van der Waals surface area contributed by atoms with Crippen LogP contribution in [0.15, 0.2) is 30.4 Å². The van der Waals surface area contributed by atoms with E-state index < -0.39 is 0 Å². The number of amides is 3. The maximum absolute atomic E-state index is 12.9. The lowest BCUT2D eigenvalue weighted by Crippen LogP contribution is -2.40. The van der Waals surface area contributed by atoms with E-state index in [9.17, 15) is 14.4 Å². The standard InChI is InChI=1S/C21H21ClN2O3/c1-10-15(22)3-2-4-16(10)23-17(25)7-8-24-20(26)18-11-5-6-12(14-9-13(11)14)19(18)21(24)27/h2-6,11-14,18-19H,7-9H2,1H3,(H,23,25)/t11-,12-,13-,14+,18-,19+/m0/s1.